The molecule has 1 nitrogen and oxygen atoms in total. The topological polar surface area (TPSA) is 17.1 Å². The summed E-state index contributed by atoms with van der Waals surface area (Å²) >= 11 is 5.11. The molecule has 0 N–H and O–H groups in total. The van der Waals surface area contributed by atoms with Crippen molar-refractivity contribution < 1.29 is 4.79 Å². The zero-order chi connectivity index (χ0) is 10.8. The summed E-state index contributed by atoms with van der Waals surface area (Å²) in [6, 6.07) is 2.08. The molecule has 0 amide bonds. The van der Waals surface area contributed by atoms with Crippen LogP contribution in [-0.4, -0.2) is 5.78 Å². The molecule has 0 aliphatic heterocycles. The molecule has 0 radical (unpaired) electrons. The summed E-state index contributed by atoms with van der Waals surface area (Å²) in [7, 11) is 0. The van der Waals surface area contributed by atoms with E-state index in [1.807, 2.05) is 20.8 Å². The van der Waals surface area contributed by atoms with Crippen LogP contribution in [0.15, 0.2) is 15.9 Å². The first-order chi connectivity index (χ1) is 6.39. The van der Waals surface area contributed by atoms with E-state index in [1.54, 1.807) is 11.3 Å². The summed E-state index contributed by atoms with van der Waals surface area (Å²) in [6.45, 7) is 5.92. The van der Waals surface area contributed by atoms with Crippen LogP contribution in [0.2, 0.25) is 0 Å². The van der Waals surface area contributed by atoms with Gasteiger partial charge in [-0.05, 0) is 28.4 Å². The zero-order valence-corrected chi connectivity index (χ0v) is 11.2. The van der Waals surface area contributed by atoms with Crippen molar-refractivity contribution >= 4 is 33.0 Å². The van der Waals surface area contributed by atoms with E-state index in [-0.39, 0.29) is 5.41 Å². The van der Waals surface area contributed by atoms with Crippen LogP contribution < -0.4 is 0 Å². The monoisotopic (exact) mass is 274 g/mol. The van der Waals surface area contributed by atoms with E-state index < -0.39 is 0 Å². The van der Waals surface area contributed by atoms with Crippen molar-refractivity contribution in [2.45, 2.75) is 33.6 Å². The van der Waals surface area contributed by atoms with E-state index in [1.165, 1.54) is 4.88 Å². The Morgan fingerprint density at radius 3 is 2.57 bits per heavy atom. The van der Waals surface area contributed by atoms with Gasteiger partial charge in [0.2, 0.25) is 0 Å². The maximum Gasteiger partial charge on any atom is 0.138 e. The quantitative estimate of drug-likeness (QED) is 0.813. The third kappa shape index (κ3) is 3.54. The summed E-state index contributed by atoms with van der Waals surface area (Å²) in [4.78, 5) is 12.9. The van der Waals surface area contributed by atoms with Gasteiger partial charge in [-0.25, -0.2) is 0 Å². The SMILES string of the molecule is CC(C)(C)C(=O)CCc1cc(Br)cs1. The standard InChI is InChI=1S/C11H15BrOS/c1-11(2,3)10(13)5-4-9-6-8(12)7-14-9/h6-7H,4-5H2,1-3H3. The molecule has 1 rings (SSSR count). The van der Waals surface area contributed by atoms with Crippen LogP contribution in [0, 0.1) is 5.41 Å². The third-order valence-corrected chi connectivity index (χ3v) is 3.81. The number of hydrogen-bond acceptors (Lipinski definition) is 2. The van der Waals surface area contributed by atoms with E-state index in [2.05, 4.69) is 27.4 Å². The molecule has 78 valence electrons. The number of halogens is 1. The summed E-state index contributed by atoms with van der Waals surface area (Å²) in [5, 5.41) is 2.05. The Hall–Kier alpha value is -0.150. The van der Waals surface area contributed by atoms with Crippen LogP contribution in [0.5, 0.6) is 0 Å². The van der Waals surface area contributed by atoms with Crippen LogP contribution in [0.1, 0.15) is 32.1 Å². The van der Waals surface area contributed by atoms with Gasteiger partial charge in [0.15, 0.2) is 0 Å². The molecule has 0 aliphatic carbocycles. The molecule has 0 fully saturated rings. The molecule has 1 aromatic heterocycles. The molecule has 1 aromatic rings. The molecule has 0 aliphatic rings. The number of ketones is 1. The van der Waals surface area contributed by atoms with E-state index in [0.29, 0.717) is 12.2 Å². The Kier molecular flexibility index (Phi) is 3.90. The number of carbonyl (C=O) groups excluding carboxylic acids is 1. The van der Waals surface area contributed by atoms with Gasteiger partial charge in [-0.3, -0.25) is 4.79 Å². The molecule has 0 aromatic carbocycles. The van der Waals surface area contributed by atoms with Crippen molar-refractivity contribution in [3.63, 3.8) is 0 Å². The Morgan fingerprint density at radius 2 is 2.14 bits per heavy atom. The molecular formula is C11H15BrOS. The minimum Gasteiger partial charge on any atom is -0.299 e. The fourth-order valence-electron chi connectivity index (χ4n) is 1.10. The number of aryl methyl sites for hydroxylation is 1. The Balaban J connectivity index is 2.46. The van der Waals surface area contributed by atoms with Crippen LogP contribution in [0.4, 0.5) is 0 Å². The highest BCUT2D eigenvalue weighted by atomic mass is 79.9. The van der Waals surface area contributed by atoms with Crippen molar-refractivity contribution in [1.29, 1.82) is 0 Å². The van der Waals surface area contributed by atoms with Gasteiger partial charge in [0.25, 0.3) is 0 Å². The summed E-state index contributed by atoms with van der Waals surface area (Å²) in [6.07, 6.45) is 1.52. The molecule has 0 unspecified atom stereocenters. The molecule has 0 saturated heterocycles. The largest absolute Gasteiger partial charge is 0.299 e. The van der Waals surface area contributed by atoms with Gasteiger partial charge in [-0.1, -0.05) is 20.8 Å². The van der Waals surface area contributed by atoms with Crippen molar-refractivity contribution in [3.05, 3.63) is 20.8 Å². The van der Waals surface area contributed by atoms with Crippen molar-refractivity contribution in [2.75, 3.05) is 0 Å². The van der Waals surface area contributed by atoms with Crippen LogP contribution in [0.3, 0.4) is 0 Å². The summed E-state index contributed by atoms with van der Waals surface area (Å²) < 4.78 is 1.11. The number of Topliss-reactive ketones (excluding diaryl/α,β-unsaturated/α-hetero) is 1. The molecule has 0 bridgehead atoms. The summed E-state index contributed by atoms with van der Waals surface area (Å²) in [5.41, 5.74) is -0.200. The van der Waals surface area contributed by atoms with Gasteiger partial charge in [-0.2, -0.15) is 0 Å². The normalized spacial score (nSPS) is 11.7. The first-order valence-corrected chi connectivity index (χ1v) is 6.33. The minimum atomic E-state index is -0.200. The van der Waals surface area contributed by atoms with Gasteiger partial charge in [0.1, 0.15) is 5.78 Å². The van der Waals surface area contributed by atoms with Gasteiger partial charge in [-0.15, -0.1) is 11.3 Å². The lowest BCUT2D eigenvalue weighted by atomic mass is 9.88. The first-order valence-electron chi connectivity index (χ1n) is 4.66. The van der Waals surface area contributed by atoms with E-state index in [4.69, 9.17) is 0 Å². The number of rotatable bonds is 3. The molecule has 3 heteroatoms. The molecule has 0 spiro atoms. The van der Waals surface area contributed by atoms with Crippen LogP contribution in [-0.2, 0) is 11.2 Å². The average molecular weight is 275 g/mol. The summed E-state index contributed by atoms with van der Waals surface area (Å²) in [5.74, 6) is 0.335. The second-order valence-electron chi connectivity index (χ2n) is 4.40. The molecular weight excluding hydrogens is 260 g/mol. The Labute approximate surface area is 97.7 Å². The second-order valence-corrected chi connectivity index (χ2v) is 6.32. The fraction of sp³-hybridized carbons (Fsp3) is 0.545. The predicted molar refractivity (Wildman–Crippen MR) is 64.8 cm³/mol. The van der Waals surface area contributed by atoms with Gasteiger partial charge < -0.3 is 0 Å². The zero-order valence-electron chi connectivity index (χ0n) is 8.76. The molecule has 0 atom stereocenters. The molecule has 1 heterocycles. The maximum atomic E-state index is 11.6. The number of carbonyl (C=O) groups is 1. The Morgan fingerprint density at radius 1 is 1.50 bits per heavy atom. The van der Waals surface area contributed by atoms with Gasteiger partial charge in [0.05, 0.1) is 0 Å². The van der Waals surface area contributed by atoms with Crippen molar-refractivity contribution in [1.82, 2.24) is 0 Å². The van der Waals surface area contributed by atoms with Crippen LogP contribution >= 0.6 is 27.3 Å². The van der Waals surface area contributed by atoms with Gasteiger partial charge >= 0.3 is 0 Å². The molecule has 0 saturated carbocycles. The lowest BCUT2D eigenvalue weighted by molar-refractivity contribution is -0.126. The second kappa shape index (κ2) is 4.58. The highest BCUT2D eigenvalue weighted by molar-refractivity contribution is 9.10. The lowest BCUT2D eigenvalue weighted by Gasteiger charge is -2.15. The van der Waals surface area contributed by atoms with E-state index >= 15 is 0 Å². The number of hydrogen-bond donors (Lipinski definition) is 0. The van der Waals surface area contributed by atoms with Gasteiger partial charge in [0, 0.05) is 26.6 Å². The smallest absolute Gasteiger partial charge is 0.138 e. The van der Waals surface area contributed by atoms with Crippen molar-refractivity contribution in [3.8, 4) is 0 Å². The predicted octanol–water partition coefficient (Wildman–Crippen LogP) is 4.06. The average Bonchev–Trinajstić information content (AvgIpc) is 2.45. The lowest BCUT2D eigenvalue weighted by Crippen LogP contribution is -2.20. The Bertz CT molecular complexity index is 322. The highest BCUT2D eigenvalue weighted by Gasteiger charge is 2.20. The fourth-order valence-corrected chi connectivity index (χ4v) is 2.55. The third-order valence-electron chi connectivity index (χ3n) is 2.06. The van der Waals surface area contributed by atoms with E-state index in [0.717, 1.165) is 10.9 Å². The minimum absolute atomic E-state index is 0.200. The maximum absolute atomic E-state index is 11.6. The van der Waals surface area contributed by atoms with E-state index in [9.17, 15) is 4.79 Å². The first kappa shape index (κ1) is 11.9. The molecule has 14 heavy (non-hydrogen) atoms. The highest BCUT2D eigenvalue weighted by Crippen LogP contribution is 2.23. The van der Waals surface area contributed by atoms with Crippen molar-refractivity contribution in [2.24, 2.45) is 5.41 Å². The number of thiophene rings is 1. The van der Waals surface area contributed by atoms with Crippen LogP contribution in [0.25, 0.3) is 0 Å².